The third-order valence-corrected chi connectivity index (χ3v) is 3.74. The summed E-state index contributed by atoms with van der Waals surface area (Å²) >= 11 is 0. The zero-order valence-electron chi connectivity index (χ0n) is 14.0. The smallest absolute Gasteiger partial charge is 0.391 e. The van der Waals surface area contributed by atoms with E-state index in [9.17, 15) is 22.8 Å². The number of carboxylic acid groups (broad SMARTS) is 1. The molecule has 2 N–H and O–H groups in total. The summed E-state index contributed by atoms with van der Waals surface area (Å²) in [7, 11) is 0. The number of rotatable bonds is 7. The van der Waals surface area contributed by atoms with Gasteiger partial charge >= 0.3 is 12.1 Å². The van der Waals surface area contributed by atoms with Crippen LogP contribution in [0.5, 0.6) is 0 Å². The second kappa shape index (κ2) is 8.03. The maximum atomic E-state index is 12.5. The molecule has 1 atom stereocenters. The molecule has 1 amide bonds. The van der Waals surface area contributed by atoms with E-state index in [1.807, 2.05) is 35.6 Å². The number of halogens is 3. The molecular weight excluding hydrogens is 351 g/mol. The molecule has 26 heavy (non-hydrogen) atoms. The van der Waals surface area contributed by atoms with Crippen LogP contribution in [0, 0.1) is 0 Å². The highest BCUT2D eigenvalue weighted by atomic mass is 19.4. The van der Waals surface area contributed by atoms with E-state index < -0.39 is 30.5 Å². The van der Waals surface area contributed by atoms with Gasteiger partial charge < -0.3 is 10.4 Å². The van der Waals surface area contributed by atoms with Crippen molar-refractivity contribution in [2.45, 2.75) is 38.5 Å². The Hall–Kier alpha value is -2.84. The molecule has 0 saturated heterocycles. The van der Waals surface area contributed by atoms with Crippen molar-refractivity contribution >= 4 is 11.9 Å². The van der Waals surface area contributed by atoms with E-state index in [0.29, 0.717) is 18.7 Å². The predicted octanol–water partition coefficient (Wildman–Crippen LogP) is 2.63. The summed E-state index contributed by atoms with van der Waals surface area (Å²) in [5.41, 5.74) is 1.53. The maximum Gasteiger partial charge on any atom is 0.391 e. The van der Waals surface area contributed by atoms with Gasteiger partial charge in [0.15, 0.2) is 0 Å². The van der Waals surface area contributed by atoms with Crippen LogP contribution in [0.1, 0.15) is 35.0 Å². The molecule has 6 nitrogen and oxygen atoms in total. The van der Waals surface area contributed by atoms with Gasteiger partial charge in [0.2, 0.25) is 0 Å². The number of carboxylic acids is 1. The first kappa shape index (κ1) is 19.5. The molecule has 1 aromatic heterocycles. The fraction of sp³-hybridized carbons (Fsp3) is 0.353. The second-order valence-corrected chi connectivity index (χ2v) is 5.69. The Morgan fingerprint density at radius 2 is 1.92 bits per heavy atom. The Morgan fingerprint density at radius 1 is 1.27 bits per heavy atom. The van der Waals surface area contributed by atoms with Crippen LogP contribution in [0.15, 0.2) is 36.5 Å². The Labute approximate surface area is 147 Å². The van der Waals surface area contributed by atoms with E-state index in [1.54, 1.807) is 11.6 Å². The standard InChI is InChI=1S/C17H18F3N3O3/c1-2-14-12(9-21-23(14)10-11-6-4-3-5-7-11)15(24)22-13(16(25)26)8-17(18,19)20/h3-7,9,13H,2,8,10H2,1H3,(H,22,24)(H,25,26). The van der Waals surface area contributed by atoms with E-state index in [2.05, 4.69) is 5.10 Å². The highest BCUT2D eigenvalue weighted by Crippen LogP contribution is 2.22. The predicted molar refractivity (Wildman–Crippen MR) is 86.7 cm³/mol. The second-order valence-electron chi connectivity index (χ2n) is 5.69. The largest absolute Gasteiger partial charge is 0.480 e. The van der Waals surface area contributed by atoms with Crippen LogP contribution >= 0.6 is 0 Å². The van der Waals surface area contributed by atoms with Crippen molar-refractivity contribution in [3.8, 4) is 0 Å². The minimum atomic E-state index is -4.71. The summed E-state index contributed by atoms with van der Waals surface area (Å²) in [5.74, 6) is -2.64. The van der Waals surface area contributed by atoms with Crippen molar-refractivity contribution in [2.75, 3.05) is 0 Å². The van der Waals surface area contributed by atoms with Gasteiger partial charge in [0.05, 0.1) is 30.4 Å². The molecule has 2 rings (SSSR count). The lowest BCUT2D eigenvalue weighted by atomic mass is 10.1. The molecular formula is C17H18F3N3O3. The van der Waals surface area contributed by atoms with Gasteiger partial charge in [-0.25, -0.2) is 4.79 Å². The van der Waals surface area contributed by atoms with Crippen LogP contribution in [0.3, 0.4) is 0 Å². The van der Waals surface area contributed by atoms with Crippen molar-refractivity contribution < 1.29 is 27.9 Å². The van der Waals surface area contributed by atoms with Gasteiger partial charge in [-0.05, 0) is 12.0 Å². The van der Waals surface area contributed by atoms with Gasteiger partial charge in [-0.1, -0.05) is 37.3 Å². The number of aromatic nitrogens is 2. The number of hydrogen-bond donors (Lipinski definition) is 2. The molecule has 140 valence electrons. The number of alkyl halides is 3. The molecule has 0 bridgehead atoms. The molecule has 0 aliphatic rings. The zero-order valence-corrected chi connectivity index (χ0v) is 14.0. The highest BCUT2D eigenvalue weighted by molar-refractivity contribution is 5.97. The van der Waals surface area contributed by atoms with Crippen molar-refractivity contribution in [2.24, 2.45) is 0 Å². The lowest BCUT2D eigenvalue weighted by Gasteiger charge is -2.16. The van der Waals surface area contributed by atoms with Crippen LogP contribution in [0.2, 0.25) is 0 Å². The Bertz CT molecular complexity index is 773. The topological polar surface area (TPSA) is 84.2 Å². The zero-order chi connectivity index (χ0) is 19.3. The summed E-state index contributed by atoms with van der Waals surface area (Å²) in [6, 6.07) is 7.28. The van der Waals surface area contributed by atoms with Gasteiger partial charge in [0.25, 0.3) is 5.91 Å². The quantitative estimate of drug-likeness (QED) is 0.786. The van der Waals surface area contributed by atoms with Gasteiger partial charge in [-0.3, -0.25) is 9.48 Å². The summed E-state index contributed by atoms with van der Waals surface area (Å²) in [6.07, 6.45) is -4.70. The van der Waals surface area contributed by atoms with Crippen LogP contribution in [-0.4, -0.2) is 39.0 Å². The number of amides is 1. The first-order valence-electron chi connectivity index (χ1n) is 7.90. The minimum Gasteiger partial charge on any atom is -0.480 e. The van der Waals surface area contributed by atoms with E-state index in [0.717, 1.165) is 5.56 Å². The average Bonchev–Trinajstić information content (AvgIpc) is 2.96. The van der Waals surface area contributed by atoms with E-state index in [4.69, 9.17) is 5.11 Å². The number of carbonyl (C=O) groups is 2. The van der Waals surface area contributed by atoms with Crippen LogP contribution < -0.4 is 5.32 Å². The van der Waals surface area contributed by atoms with E-state index in [1.165, 1.54) is 6.20 Å². The van der Waals surface area contributed by atoms with Crippen molar-refractivity contribution in [3.05, 3.63) is 53.3 Å². The molecule has 0 aliphatic heterocycles. The average molecular weight is 369 g/mol. The number of nitrogens with zero attached hydrogens (tertiary/aromatic N) is 2. The SMILES string of the molecule is CCc1c(C(=O)NC(CC(F)(F)F)C(=O)O)cnn1Cc1ccccc1. The molecule has 0 fully saturated rings. The van der Waals surface area contributed by atoms with Gasteiger partial charge in [-0.2, -0.15) is 18.3 Å². The van der Waals surface area contributed by atoms with Gasteiger partial charge in [0.1, 0.15) is 6.04 Å². The maximum absolute atomic E-state index is 12.5. The van der Waals surface area contributed by atoms with Crippen LogP contribution in [0.4, 0.5) is 13.2 Å². The molecule has 0 saturated carbocycles. The summed E-state index contributed by atoms with van der Waals surface area (Å²) in [5, 5.41) is 15.0. The van der Waals surface area contributed by atoms with Crippen molar-refractivity contribution in [1.29, 1.82) is 0 Å². The van der Waals surface area contributed by atoms with Crippen LogP contribution in [0.25, 0.3) is 0 Å². The third-order valence-electron chi connectivity index (χ3n) is 3.74. The summed E-state index contributed by atoms with van der Waals surface area (Å²) in [4.78, 5) is 23.3. The molecule has 0 spiro atoms. The van der Waals surface area contributed by atoms with Gasteiger partial charge in [0, 0.05) is 0 Å². The molecule has 0 aliphatic carbocycles. The lowest BCUT2D eigenvalue weighted by Crippen LogP contribution is -2.43. The third kappa shape index (κ3) is 5.08. The Kier molecular flexibility index (Phi) is 6.01. The molecule has 1 aromatic carbocycles. The normalized spacial score (nSPS) is 12.6. The fourth-order valence-corrected chi connectivity index (χ4v) is 2.53. The Morgan fingerprint density at radius 3 is 2.46 bits per heavy atom. The van der Waals surface area contributed by atoms with Crippen molar-refractivity contribution in [3.63, 3.8) is 0 Å². The lowest BCUT2D eigenvalue weighted by molar-refractivity contribution is -0.157. The monoisotopic (exact) mass is 369 g/mol. The fourth-order valence-electron chi connectivity index (χ4n) is 2.53. The Balaban J connectivity index is 2.19. The summed E-state index contributed by atoms with van der Waals surface area (Å²) in [6.45, 7) is 2.17. The number of nitrogens with one attached hydrogen (secondary N) is 1. The van der Waals surface area contributed by atoms with Crippen LogP contribution in [-0.2, 0) is 17.8 Å². The molecule has 1 heterocycles. The number of hydrogen-bond acceptors (Lipinski definition) is 3. The molecule has 2 aromatic rings. The first-order chi connectivity index (χ1) is 12.2. The van der Waals surface area contributed by atoms with Crippen molar-refractivity contribution in [1.82, 2.24) is 15.1 Å². The number of aliphatic carboxylic acids is 1. The molecule has 1 unspecified atom stereocenters. The minimum absolute atomic E-state index is 0.0665. The number of benzene rings is 1. The van der Waals surface area contributed by atoms with Gasteiger partial charge in [-0.15, -0.1) is 0 Å². The van der Waals surface area contributed by atoms with E-state index >= 15 is 0 Å². The molecule has 9 heteroatoms. The molecule has 0 radical (unpaired) electrons. The highest BCUT2D eigenvalue weighted by Gasteiger charge is 2.36. The van der Waals surface area contributed by atoms with E-state index in [-0.39, 0.29) is 5.56 Å². The first-order valence-corrected chi connectivity index (χ1v) is 7.90. The summed E-state index contributed by atoms with van der Waals surface area (Å²) < 4.78 is 39.0. The number of carbonyl (C=O) groups excluding carboxylic acids is 1.